The molecule has 0 N–H and O–H groups in total. The fourth-order valence-electron chi connectivity index (χ4n) is 2.83. The van der Waals surface area contributed by atoms with Gasteiger partial charge in [-0.25, -0.2) is 4.79 Å². The van der Waals surface area contributed by atoms with Gasteiger partial charge < -0.3 is 4.74 Å². The number of hydrogen-bond donors (Lipinski definition) is 0. The number of ketones is 1. The maximum atomic E-state index is 12.3. The molecule has 0 aromatic heterocycles. The lowest BCUT2D eigenvalue weighted by molar-refractivity contribution is -0.123. The summed E-state index contributed by atoms with van der Waals surface area (Å²) in [6, 6.07) is 9.03. The van der Waals surface area contributed by atoms with Gasteiger partial charge in [-0.3, -0.25) is 4.79 Å². The van der Waals surface area contributed by atoms with Crippen LogP contribution in [0.2, 0.25) is 0 Å². The fraction of sp³-hybridized carbons (Fsp3) is 0.619. The van der Waals surface area contributed by atoms with Crippen LogP contribution in [0.15, 0.2) is 30.3 Å². The first-order valence-electron chi connectivity index (χ1n) is 9.04. The molecule has 1 atom stereocenters. The van der Waals surface area contributed by atoms with Crippen molar-refractivity contribution in [3.05, 3.63) is 35.9 Å². The monoisotopic (exact) mass is 332 g/mol. The normalized spacial score (nSPS) is 13.8. The largest absolute Gasteiger partial charge is 0.461 e. The summed E-state index contributed by atoms with van der Waals surface area (Å²) in [5.74, 6) is 0.761. The highest BCUT2D eigenvalue weighted by Crippen LogP contribution is 2.39. The Balaban J connectivity index is 2.89. The molecule has 3 nitrogen and oxygen atoms in total. The lowest BCUT2D eigenvalue weighted by atomic mass is 9.69. The van der Waals surface area contributed by atoms with E-state index in [0.717, 1.165) is 12.8 Å². The molecule has 0 aliphatic heterocycles. The van der Waals surface area contributed by atoms with Crippen molar-refractivity contribution in [1.29, 1.82) is 0 Å². The molecule has 0 saturated heterocycles. The van der Waals surface area contributed by atoms with E-state index in [1.54, 1.807) is 12.1 Å². The third-order valence-electron chi connectivity index (χ3n) is 4.89. The molecule has 3 heteroatoms. The highest BCUT2D eigenvalue weighted by atomic mass is 16.5. The van der Waals surface area contributed by atoms with Gasteiger partial charge in [0.05, 0.1) is 12.2 Å². The van der Waals surface area contributed by atoms with E-state index in [2.05, 4.69) is 27.7 Å². The highest BCUT2D eigenvalue weighted by Gasteiger charge is 2.37. The van der Waals surface area contributed by atoms with Crippen LogP contribution in [0.5, 0.6) is 0 Å². The lowest BCUT2D eigenvalue weighted by Gasteiger charge is -2.37. The molecule has 0 radical (unpaired) electrons. The van der Waals surface area contributed by atoms with Gasteiger partial charge in [-0.05, 0) is 30.4 Å². The first kappa shape index (κ1) is 20.4. The molecule has 0 fully saturated rings. The van der Waals surface area contributed by atoms with Gasteiger partial charge in [-0.1, -0.05) is 59.2 Å². The van der Waals surface area contributed by atoms with Crippen LogP contribution in [0, 0.1) is 17.3 Å². The van der Waals surface area contributed by atoms with Crippen LogP contribution in [0.1, 0.15) is 70.7 Å². The minimum Gasteiger partial charge on any atom is -0.461 e. The average molecular weight is 332 g/mol. The van der Waals surface area contributed by atoms with Crippen molar-refractivity contribution in [3.8, 4) is 0 Å². The summed E-state index contributed by atoms with van der Waals surface area (Å²) in [6.07, 6.45) is 2.94. The third kappa shape index (κ3) is 6.10. The van der Waals surface area contributed by atoms with Gasteiger partial charge in [0.1, 0.15) is 5.78 Å². The molecular weight excluding hydrogens is 300 g/mol. The molecule has 0 amide bonds. The Morgan fingerprint density at radius 2 is 1.71 bits per heavy atom. The second kappa shape index (κ2) is 9.61. The number of Topliss-reactive ketones (excluding diaryl/α,β-unsaturated/α-hetero) is 1. The van der Waals surface area contributed by atoms with Crippen LogP contribution in [0.25, 0.3) is 0 Å². The van der Waals surface area contributed by atoms with Crippen LogP contribution in [0.3, 0.4) is 0 Å². The van der Waals surface area contributed by atoms with E-state index in [-0.39, 0.29) is 23.1 Å². The second-order valence-electron chi connectivity index (χ2n) is 7.46. The summed E-state index contributed by atoms with van der Waals surface area (Å²) >= 11 is 0. The topological polar surface area (TPSA) is 43.4 Å². The van der Waals surface area contributed by atoms with Crippen molar-refractivity contribution in [1.82, 2.24) is 0 Å². The van der Waals surface area contributed by atoms with Gasteiger partial charge in [0.25, 0.3) is 0 Å². The molecule has 1 aromatic carbocycles. The number of benzene rings is 1. The molecule has 134 valence electrons. The van der Waals surface area contributed by atoms with Crippen LogP contribution in [-0.2, 0) is 9.53 Å². The maximum Gasteiger partial charge on any atom is 0.338 e. The molecule has 0 aliphatic rings. The third-order valence-corrected chi connectivity index (χ3v) is 4.89. The zero-order valence-electron chi connectivity index (χ0n) is 15.8. The summed E-state index contributed by atoms with van der Waals surface area (Å²) < 4.78 is 5.64. The number of rotatable bonds is 10. The Labute approximate surface area is 146 Å². The number of carbonyl (C=O) groups is 2. The summed E-state index contributed by atoms with van der Waals surface area (Å²) in [5, 5.41) is 0. The molecular formula is C21H32O3. The van der Waals surface area contributed by atoms with Gasteiger partial charge in [-0.15, -0.1) is 0 Å². The zero-order valence-corrected chi connectivity index (χ0v) is 15.8. The average Bonchev–Trinajstić information content (AvgIpc) is 2.57. The van der Waals surface area contributed by atoms with Gasteiger partial charge >= 0.3 is 5.97 Å². The SMILES string of the molecule is CCC(=O)CC(CCC(C)C)(COC(=O)c1ccccc1)C(C)C. The number of esters is 1. The fourth-order valence-corrected chi connectivity index (χ4v) is 2.83. The van der Waals surface area contributed by atoms with Crippen LogP contribution >= 0.6 is 0 Å². The van der Waals surface area contributed by atoms with E-state index < -0.39 is 0 Å². The molecule has 0 spiro atoms. The molecule has 1 rings (SSSR count). The van der Waals surface area contributed by atoms with Crippen molar-refractivity contribution in [2.75, 3.05) is 6.61 Å². The minimum atomic E-state index is -0.311. The minimum absolute atomic E-state index is 0.239. The predicted molar refractivity (Wildman–Crippen MR) is 98.0 cm³/mol. The van der Waals surface area contributed by atoms with E-state index in [0.29, 0.717) is 30.9 Å². The van der Waals surface area contributed by atoms with Crippen molar-refractivity contribution in [2.45, 2.75) is 60.3 Å². The van der Waals surface area contributed by atoms with E-state index >= 15 is 0 Å². The zero-order chi connectivity index (χ0) is 18.2. The maximum absolute atomic E-state index is 12.3. The van der Waals surface area contributed by atoms with Gasteiger partial charge in [-0.2, -0.15) is 0 Å². The molecule has 0 bridgehead atoms. The van der Waals surface area contributed by atoms with Gasteiger partial charge in [0.15, 0.2) is 0 Å². The number of ether oxygens (including phenoxy) is 1. The molecule has 1 aromatic rings. The Hall–Kier alpha value is -1.64. The van der Waals surface area contributed by atoms with E-state index in [1.807, 2.05) is 25.1 Å². The second-order valence-corrected chi connectivity index (χ2v) is 7.46. The van der Waals surface area contributed by atoms with Gasteiger partial charge in [0, 0.05) is 18.3 Å². The summed E-state index contributed by atoms with van der Waals surface area (Å²) in [7, 11) is 0. The Morgan fingerprint density at radius 3 is 2.21 bits per heavy atom. The Kier molecular flexibility index (Phi) is 8.17. The first-order valence-corrected chi connectivity index (χ1v) is 9.04. The van der Waals surface area contributed by atoms with E-state index in [1.165, 1.54) is 0 Å². The van der Waals surface area contributed by atoms with Crippen LogP contribution in [0.4, 0.5) is 0 Å². The smallest absolute Gasteiger partial charge is 0.338 e. The van der Waals surface area contributed by atoms with Crippen LogP contribution < -0.4 is 0 Å². The van der Waals surface area contributed by atoms with Crippen molar-refractivity contribution >= 4 is 11.8 Å². The lowest BCUT2D eigenvalue weighted by Crippen LogP contribution is -2.36. The highest BCUT2D eigenvalue weighted by molar-refractivity contribution is 5.89. The summed E-state index contributed by atoms with van der Waals surface area (Å²) in [6.45, 7) is 10.8. The summed E-state index contributed by atoms with van der Waals surface area (Å²) in [4.78, 5) is 24.5. The van der Waals surface area contributed by atoms with Gasteiger partial charge in [0.2, 0.25) is 0 Å². The standard InChI is InChI=1S/C21H32O3/c1-6-19(22)14-21(17(4)5,13-12-16(2)3)15-24-20(23)18-10-8-7-9-11-18/h7-11,16-17H,6,12-15H2,1-5H3. The predicted octanol–water partition coefficient (Wildman–Crippen LogP) is 5.29. The Bertz CT molecular complexity index is 519. The number of hydrogen-bond acceptors (Lipinski definition) is 3. The van der Waals surface area contributed by atoms with E-state index in [9.17, 15) is 9.59 Å². The van der Waals surface area contributed by atoms with Crippen molar-refractivity contribution < 1.29 is 14.3 Å². The Morgan fingerprint density at radius 1 is 1.08 bits per heavy atom. The van der Waals surface area contributed by atoms with E-state index in [4.69, 9.17) is 4.74 Å². The first-order chi connectivity index (χ1) is 11.3. The quantitative estimate of drug-likeness (QED) is 0.547. The molecule has 0 saturated carbocycles. The molecule has 0 heterocycles. The summed E-state index contributed by atoms with van der Waals surface area (Å²) in [5.41, 5.74) is 0.280. The number of carbonyl (C=O) groups excluding carboxylic acids is 2. The molecule has 24 heavy (non-hydrogen) atoms. The molecule has 0 aliphatic carbocycles. The van der Waals surface area contributed by atoms with Crippen molar-refractivity contribution in [2.24, 2.45) is 17.3 Å². The van der Waals surface area contributed by atoms with Crippen molar-refractivity contribution in [3.63, 3.8) is 0 Å². The van der Waals surface area contributed by atoms with Crippen LogP contribution in [-0.4, -0.2) is 18.4 Å². The molecule has 1 unspecified atom stereocenters.